The van der Waals surface area contributed by atoms with Crippen LogP contribution in [0.2, 0.25) is 0 Å². The SMILES string of the molecule is C=C(CCCCCCc1ccc(C(=O)Cc2ccc(CC(=O)c3ccc(CCCCCCC(=O)C(CC(C)(C)C)C(C)(C)C)cc3)c(C)c2)cc1)C(CC(C)C)C(C)(C)C. The van der Waals surface area contributed by atoms with Crippen LogP contribution in [0, 0.1) is 40.9 Å². The van der Waals surface area contributed by atoms with Gasteiger partial charge in [0, 0.05) is 36.3 Å². The van der Waals surface area contributed by atoms with Crippen molar-refractivity contribution in [2.45, 2.75) is 186 Å². The number of hydrogen-bond donors (Lipinski definition) is 0. The smallest absolute Gasteiger partial charge is 0.167 e. The number of benzene rings is 3. The Kier molecular flexibility index (Phi) is 19.9. The van der Waals surface area contributed by atoms with E-state index in [4.69, 9.17) is 0 Å². The Morgan fingerprint density at radius 1 is 0.550 bits per heavy atom. The quantitative estimate of drug-likeness (QED) is 0.0486. The molecular weight excluding hydrogens is 733 g/mol. The lowest BCUT2D eigenvalue weighted by Crippen LogP contribution is -2.32. The zero-order valence-corrected chi connectivity index (χ0v) is 40.3. The van der Waals surface area contributed by atoms with Gasteiger partial charge in [0.1, 0.15) is 5.78 Å². The van der Waals surface area contributed by atoms with Gasteiger partial charge in [0.2, 0.25) is 0 Å². The molecule has 60 heavy (non-hydrogen) atoms. The highest BCUT2D eigenvalue weighted by Crippen LogP contribution is 2.39. The van der Waals surface area contributed by atoms with Crippen molar-refractivity contribution < 1.29 is 14.4 Å². The van der Waals surface area contributed by atoms with Crippen LogP contribution in [-0.2, 0) is 30.5 Å². The molecule has 0 bridgehead atoms. The molecule has 0 radical (unpaired) electrons. The van der Waals surface area contributed by atoms with E-state index < -0.39 is 0 Å². The first kappa shape index (κ1) is 50.8. The van der Waals surface area contributed by atoms with Crippen molar-refractivity contribution in [1.82, 2.24) is 0 Å². The van der Waals surface area contributed by atoms with Gasteiger partial charge in [-0.3, -0.25) is 14.4 Å². The summed E-state index contributed by atoms with van der Waals surface area (Å²) in [6, 6.07) is 22.4. The maximum absolute atomic E-state index is 13.3. The first-order valence-electron chi connectivity index (χ1n) is 23.6. The minimum atomic E-state index is -0.00110. The normalized spacial score (nSPS) is 13.3. The van der Waals surface area contributed by atoms with Crippen LogP contribution in [0.4, 0.5) is 0 Å². The molecule has 0 aliphatic rings. The molecule has 0 amide bonds. The highest BCUT2D eigenvalue weighted by molar-refractivity contribution is 5.98. The summed E-state index contributed by atoms with van der Waals surface area (Å²) in [5.41, 5.74) is 8.88. The molecule has 0 fully saturated rings. The van der Waals surface area contributed by atoms with Crippen LogP contribution in [0.1, 0.15) is 202 Å². The average Bonchev–Trinajstić information content (AvgIpc) is 3.15. The number of Topliss-reactive ketones (excluding diaryl/α,β-unsaturated/α-hetero) is 3. The summed E-state index contributed by atoms with van der Waals surface area (Å²) in [4.78, 5) is 39.6. The van der Waals surface area contributed by atoms with E-state index in [1.807, 2.05) is 43.3 Å². The van der Waals surface area contributed by atoms with Crippen LogP contribution in [-0.4, -0.2) is 17.3 Å². The molecule has 2 atom stereocenters. The van der Waals surface area contributed by atoms with Crippen LogP contribution in [0.5, 0.6) is 0 Å². The fourth-order valence-electron chi connectivity index (χ4n) is 8.83. The molecule has 3 aromatic carbocycles. The van der Waals surface area contributed by atoms with Gasteiger partial charge < -0.3 is 0 Å². The molecule has 3 rings (SSSR count). The Morgan fingerprint density at radius 3 is 1.45 bits per heavy atom. The standard InChI is InChI=1S/C57H84O3/c1-41(2)36-50(56(8,9)10)42(3)22-18-14-15-19-23-44-26-31-47(32-27-44)53(59)38-46-30-35-49(43(4)37-46)39-54(60)48-33-28-45(29-34-48)24-20-16-17-21-25-52(58)51(57(11,12)13)40-55(5,6)7/h26-35,37,41,50-51H,3,14-25,36,38-40H2,1-2,4-13H3. The Balaban J connectivity index is 1.37. The third kappa shape index (κ3) is 18.2. The fraction of sp³-hybridized carbons (Fsp3) is 0.596. The molecule has 0 N–H and O–H groups in total. The monoisotopic (exact) mass is 817 g/mol. The molecule has 0 spiro atoms. The lowest BCUT2D eigenvalue weighted by molar-refractivity contribution is -0.127. The summed E-state index contributed by atoms with van der Waals surface area (Å²) in [7, 11) is 0. The van der Waals surface area contributed by atoms with Gasteiger partial charge in [0.15, 0.2) is 11.6 Å². The van der Waals surface area contributed by atoms with Crippen molar-refractivity contribution in [3.05, 3.63) is 118 Å². The molecule has 2 unspecified atom stereocenters. The van der Waals surface area contributed by atoms with Crippen molar-refractivity contribution in [1.29, 1.82) is 0 Å². The highest BCUT2D eigenvalue weighted by Gasteiger charge is 2.34. The van der Waals surface area contributed by atoms with Crippen molar-refractivity contribution in [2.75, 3.05) is 0 Å². The third-order valence-electron chi connectivity index (χ3n) is 12.5. The Labute approximate surface area is 368 Å². The number of carbonyl (C=O) groups excluding carboxylic acids is 3. The van der Waals surface area contributed by atoms with E-state index in [1.54, 1.807) is 0 Å². The Morgan fingerprint density at radius 2 is 1.00 bits per heavy atom. The third-order valence-corrected chi connectivity index (χ3v) is 12.5. The topological polar surface area (TPSA) is 51.2 Å². The summed E-state index contributed by atoms with van der Waals surface area (Å²) < 4.78 is 0. The molecule has 3 heteroatoms. The first-order chi connectivity index (χ1) is 28.0. The minimum absolute atomic E-state index is 0.00110. The molecule has 3 nitrogen and oxygen atoms in total. The molecule has 0 saturated heterocycles. The second-order valence-corrected chi connectivity index (χ2v) is 22.0. The van der Waals surface area contributed by atoms with Crippen LogP contribution in [0.3, 0.4) is 0 Å². The summed E-state index contributed by atoms with van der Waals surface area (Å²) in [5, 5.41) is 0. The van der Waals surface area contributed by atoms with Crippen LogP contribution < -0.4 is 0 Å². The number of hydrogen-bond acceptors (Lipinski definition) is 3. The summed E-state index contributed by atoms with van der Waals surface area (Å²) in [6.07, 6.45) is 15.7. The number of rotatable bonds is 25. The van der Waals surface area contributed by atoms with Crippen molar-refractivity contribution >= 4 is 17.3 Å². The van der Waals surface area contributed by atoms with Gasteiger partial charge in [-0.2, -0.15) is 0 Å². The molecule has 0 aromatic heterocycles. The maximum atomic E-state index is 13.3. The molecule has 330 valence electrons. The average molecular weight is 817 g/mol. The predicted molar refractivity (Wildman–Crippen MR) is 257 cm³/mol. The van der Waals surface area contributed by atoms with Gasteiger partial charge in [-0.05, 0) is 121 Å². The van der Waals surface area contributed by atoms with Gasteiger partial charge in [-0.15, -0.1) is 0 Å². The van der Waals surface area contributed by atoms with Crippen molar-refractivity contribution in [2.24, 2.45) is 34.0 Å². The molecular formula is C57H84O3. The minimum Gasteiger partial charge on any atom is -0.299 e. The van der Waals surface area contributed by atoms with Gasteiger partial charge >= 0.3 is 0 Å². The molecule has 3 aromatic rings. The van der Waals surface area contributed by atoms with E-state index in [2.05, 4.69) is 113 Å². The van der Waals surface area contributed by atoms with Gasteiger partial charge in [-0.25, -0.2) is 0 Å². The van der Waals surface area contributed by atoms with Crippen LogP contribution in [0.25, 0.3) is 0 Å². The molecule has 0 aliphatic heterocycles. The number of ketones is 3. The van der Waals surface area contributed by atoms with E-state index >= 15 is 0 Å². The molecule has 0 aliphatic carbocycles. The number of unbranched alkanes of at least 4 members (excludes halogenated alkanes) is 6. The summed E-state index contributed by atoms with van der Waals surface area (Å²) >= 11 is 0. The van der Waals surface area contributed by atoms with Crippen molar-refractivity contribution in [3.8, 4) is 0 Å². The van der Waals surface area contributed by atoms with E-state index in [9.17, 15) is 14.4 Å². The zero-order chi connectivity index (χ0) is 44.7. The zero-order valence-electron chi connectivity index (χ0n) is 40.3. The highest BCUT2D eigenvalue weighted by atomic mass is 16.1. The number of carbonyl (C=O) groups is 3. The Hall–Kier alpha value is -3.59. The van der Waals surface area contributed by atoms with Crippen molar-refractivity contribution in [3.63, 3.8) is 0 Å². The van der Waals surface area contributed by atoms with E-state index in [-0.39, 0.29) is 33.7 Å². The van der Waals surface area contributed by atoms with E-state index in [1.165, 1.54) is 42.4 Å². The summed E-state index contributed by atoms with van der Waals surface area (Å²) in [6.45, 7) is 31.5. The van der Waals surface area contributed by atoms with Gasteiger partial charge in [0.05, 0.1) is 0 Å². The largest absolute Gasteiger partial charge is 0.299 e. The second-order valence-electron chi connectivity index (χ2n) is 22.0. The number of allylic oxidation sites excluding steroid dienone is 1. The molecule has 0 saturated carbocycles. The van der Waals surface area contributed by atoms with E-state index in [0.717, 1.165) is 85.6 Å². The van der Waals surface area contributed by atoms with Crippen LogP contribution >= 0.6 is 0 Å². The first-order valence-corrected chi connectivity index (χ1v) is 23.6. The Bertz CT molecular complexity index is 1800. The van der Waals surface area contributed by atoms with Gasteiger partial charge in [0.25, 0.3) is 0 Å². The maximum Gasteiger partial charge on any atom is 0.167 e. The number of aryl methyl sites for hydroxylation is 3. The lowest BCUT2D eigenvalue weighted by atomic mass is 9.69. The van der Waals surface area contributed by atoms with Crippen LogP contribution in [0.15, 0.2) is 78.9 Å². The van der Waals surface area contributed by atoms with Gasteiger partial charge in [-0.1, -0.05) is 181 Å². The predicted octanol–water partition coefficient (Wildman–Crippen LogP) is 15.8. The second kappa shape index (κ2) is 23.6. The fourth-order valence-corrected chi connectivity index (χ4v) is 8.83. The molecule has 0 heterocycles. The lowest BCUT2D eigenvalue weighted by Gasteiger charge is -2.34. The summed E-state index contributed by atoms with van der Waals surface area (Å²) in [5.74, 6) is 2.04. The van der Waals surface area contributed by atoms with E-state index in [0.29, 0.717) is 36.9 Å².